The predicted octanol–water partition coefficient (Wildman–Crippen LogP) is 3.66. The minimum atomic E-state index is -1.04. The van der Waals surface area contributed by atoms with Crippen molar-refractivity contribution in [2.24, 2.45) is 0 Å². The molecular formula is C25H28N3NaO4S. The van der Waals surface area contributed by atoms with Crippen molar-refractivity contribution in [1.29, 1.82) is 0 Å². The van der Waals surface area contributed by atoms with Crippen LogP contribution in [-0.2, 0) is 11.3 Å². The summed E-state index contributed by atoms with van der Waals surface area (Å²) in [5.41, 5.74) is 3.76. The Morgan fingerprint density at radius 1 is 1.15 bits per heavy atom. The van der Waals surface area contributed by atoms with Crippen LogP contribution in [0.3, 0.4) is 0 Å². The average Bonchev–Trinajstić information content (AvgIpc) is 2.85. The number of anilines is 1. The first-order valence-corrected chi connectivity index (χ1v) is 11.9. The first-order valence-electron chi connectivity index (χ1n) is 10.5. The van der Waals surface area contributed by atoms with Gasteiger partial charge >= 0.3 is 35.5 Å². The Kier molecular flexibility index (Phi) is 11.4. The van der Waals surface area contributed by atoms with E-state index in [1.807, 2.05) is 48.7 Å². The van der Waals surface area contributed by atoms with Crippen molar-refractivity contribution >= 4 is 58.9 Å². The molecule has 34 heavy (non-hydrogen) atoms. The number of carbonyl (C=O) groups excluding carboxylic acids is 1. The quantitative estimate of drug-likeness (QED) is 0.354. The molecule has 0 saturated carbocycles. The number of hydrogen-bond acceptors (Lipinski definition) is 6. The number of carboxylic acids is 1. The normalized spacial score (nSPS) is 11.1. The van der Waals surface area contributed by atoms with Crippen LogP contribution in [0.2, 0.25) is 0 Å². The molecule has 0 spiro atoms. The van der Waals surface area contributed by atoms with Gasteiger partial charge in [0.05, 0.1) is 19.0 Å². The Labute approximate surface area is 226 Å². The molecule has 0 aliphatic rings. The van der Waals surface area contributed by atoms with Gasteiger partial charge in [-0.2, -0.15) is 11.8 Å². The summed E-state index contributed by atoms with van der Waals surface area (Å²) in [5, 5.41) is 15.5. The van der Waals surface area contributed by atoms with Crippen LogP contribution in [0.5, 0.6) is 5.75 Å². The molecule has 0 fully saturated rings. The van der Waals surface area contributed by atoms with Gasteiger partial charge in [-0.05, 0) is 47.3 Å². The molecule has 9 heteroatoms. The van der Waals surface area contributed by atoms with Crippen LogP contribution in [0.25, 0.3) is 11.1 Å². The van der Waals surface area contributed by atoms with Gasteiger partial charge in [-0.1, -0.05) is 36.4 Å². The third kappa shape index (κ3) is 7.50. The number of amides is 1. The summed E-state index contributed by atoms with van der Waals surface area (Å²) in [5.74, 6) is -0.111. The number of carboxylic acid groups (broad SMARTS) is 1. The van der Waals surface area contributed by atoms with Crippen LogP contribution in [0, 0.1) is 0 Å². The van der Waals surface area contributed by atoms with Gasteiger partial charge in [0.1, 0.15) is 11.8 Å². The second-order valence-electron chi connectivity index (χ2n) is 7.32. The fourth-order valence-corrected chi connectivity index (χ4v) is 3.85. The molecule has 174 valence electrons. The number of methoxy groups -OCH3 is 1. The van der Waals surface area contributed by atoms with E-state index in [0.717, 1.165) is 22.4 Å². The molecule has 1 heterocycles. The van der Waals surface area contributed by atoms with E-state index in [2.05, 4.69) is 15.6 Å². The van der Waals surface area contributed by atoms with Crippen LogP contribution in [0.1, 0.15) is 22.3 Å². The molecule has 1 atom stereocenters. The standard InChI is InChI=1S/C25H27N3O4S.Na.H/c1-32-23-10-12-26-16-22(23)27-15-17-8-9-19(20(14-17)18-6-4-3-5-7-18)24(29)28-21(25(30)31)11-13-33-2;;/h3-10,12,14,16,21,27H,11,13,15H2,1-2H3,(H,28,29)(H,30,31);;. The Balaban J connectivity index is 0.00000408. The molecule has 0 saturated heterocycles. The molecule has 7 nitrogen and oxygen atoms in total. The van der Waals surface area contributed by atoms with E-state index in [1.54, 1.807) is 43.4 Å². The van der Waals surface area contributed by atoms with Crippen molar-refractivity contribution in [3.8, 4) is 16.9 Å². The number of aliphatic carboxylic acids is 1. The molecule has 0 radical (unpaired) electrons. The first-order chi connectivity index (χ1) is 16.0. The first kappa shape index (κ1) is 27.7. The van der Waals surface area contributed by atoms with E-state index < -0.39 is 17.9 Å². The zero-order valence-electron chi connectivity index (χ0n) is 18.6. The number of nitrogens with zero attached hydrogens (tertiary/aromatic N) is 1. The van der Waals surface area contributed by atoms with Crippen molar-refractivity contribution < 1.29 is 19.4 Å². The van der Waals surface area contributed by atoms with Crippen LogP contribution >= 0.6 is 11.8 Å². The maximum absolute atomic E-state index is 13.1. The fourth-order valence-electron chi connectivity index (χ4n) is 3.37. The monoisotopic (exact) mass is 489 g/mol. The maximum atomic E-state index is 13.1. The van der Waals surface area contributed by atoms with Crippen LogP contribution in [-0.4, -0.2) is 76.7 Å². The molecule has 3 rings (SSSR count). The Hall–Kier alpha value is -2.52. The number of hydrogen-bond donors (Lipinski definition) is 3. The minimum absolute atomic E-state index is 0. The summed E-state index contributed by atoms with van der Waals surface area (Å²) in [6, 6.07) is 15.9. The number of thioether (sulfide) groups is 1. The van der Waals surface area contributed by atoms with E-state index >= 15 is 0 Å². The third-order valence-electron chi connectivity index (χ3n) is 5.11. The molecule has 1 aromatic heterocycles. The van der Waals surface area contributed by atoms with Crippen molar-refractivity contribution in [1.82, 2.24) is 10.3 Å². The Morgan fingerprint density at radius 2 is 1.91 bits per heavy atom. The molecule has 2 aromatic carbocycles. The van der Waals surface area contributed by atoms with Crippen molar-refractivity contribution in [3.63, 3.8) is 0 Å². The molecule has 0 aliphatic carbocycles. The molecule has 0 aliphatic heterocycles. The van der Waals surface area contributed by atoms with E-state index in [9.17, 15) is 14.7 Å². The van der Waals surface area contributed by atoms with Gasteiger partial charge in [0, 0.05) is 24.4 Å². The van der Waals surface area contributed by atoms with Crippen molar-refractivity contribution in [2.45, 2.75) is 19.0 Å². The second kappa shape index (κ2) is 14.0. The number of nitrogens with one attached hydrogen (secondary N) is 2. The number of pyridine rings is 1. The second-order valence-corrected chi connectivity index (χ2v) is 8.31. The molecule has 3 N–H and O–H groups in total. The SMILES string of the molecule is COc1ccncc1NCc1ccc(C(=O)NC(CCSC)C(=O)O)c(-c2ccccc2)c1.[NaH]. The van der Waals surface area contributed by atoms with Gasteiger partial charge < -0.3 is 20.5 Å². The Morgan fingerprint density at radius 3 is 2.59 bits per heavy atom. The fraction of sp³-hybridized carbons (Fsp3) is 0.240. The number of carbonyl (C=O) groups is 2. The summed E-state index contributed by atoms with van der Waals surface area (Å²) >= 11 is 1.54. The van der Waals surface area contributed by atoms with E-state index in [4.69, 9.17) is 4.74 Å². The number of ether oxygens (including phenoxy) is 1. The van der Waals surface area contributed by atoms with Crippen molar-refractivity contribution in [2.75, 3.05) is 24.4 Å². The summed E-state index contributed by atoms with van der Waals surface area (Å²) in [6.07, 6.45) is 5.62. The molecule has 1 amide bonds. The van der Waals surface area contributed by atoms with Crippen molar-refractivity contribution in [3.05, 3.63) is 78.1 Å². The topological polar surface area (TPSA) is 101 Å². The third-order valence-corrected chi connectivity index (χ3v) is 5.76. The molecule has 3 aromatic rings. The molecule has 0 bridgehead atoms. The zero-order valence-corrected chi connectivity index (χ0v) is 19.4. The van der Waals surface area contributed by atoms with Crippen LogP contribution in [0.15, 0.2) is 67.0 Å². The summed E-state index contributed by atoms with van der Waals surface area (Å²) in [7, 11) is 1.60. The van der Waals surface area contributed by atoms with E-state index in [1.165, 1.54) is 0 Å². The van der Waals surface area contributed by atoms with Gasteiger partial charge in [0.25, 0.3) is 5.91 Å². The van der Waals surface area contributed by atoms with Crippen LogP contribution < -0.4 is 15.4 Å². The van der Waals surface area contributed by atoms with Gasteiger partial charge in [0.2, 0.25) is 0 Å². The van der Waals surface area contributed by atoms with Crippen LogP contribution in [0.4, 0.5) is 5.69 Å². The molecular weight excluding hydrogens is 461 g/mol. The zero-order chi connectivity index (χ0) is 23.6. The predicted molar refractivity (Wildman–Crippen MR) is 139 cm³/mol. The van der Waals surface area contributed by atoms with Gasteiger partial charge in [-0.3, -0.25) is 9.78 Å². The van der Waals surface area contributed by atoms with E-state index in [0.29, 0.717) is 30.0 Å². The number of rotatable bonds is 11. The van der Waals surface area contributed by atoms with Gasteiger partial charge in [-0.25, -0.2) is 4.79 Å². The van der Waals surface area contributed by atoms with Gasteiger partial charge in [0.15, 0.2) is 0 Å². The summed E-state index contributed by atoms with van der Waals surface area (Å²) in [6.45, 7) is 0.495. The molecule has 1 unspecified atom stereocenters. The number of aromatic nitrogens is 1. The Bertz CT molecular complexity index is 1100. The van der Waals surface area contributed by atoms with E-state index in [-0.39, 0.29) is 29.6 Å². The average molecular weight is 490 g/mol. The summed E-state index contributed by atoms with van der Waals surface area (Å²) in [4.78, 5) is 28.8. The number of benzene rings is 2. The van der Waals surface area contributed by atoms with Gasteiger partial charge in [-0.15, -0.1) is 0 Å². The summed E-state index contributed by atoms with van der Waals surface area (Å²) < 4.78 is 5.36.